The molecule has 1 amide bonds. The third-order valence-electron chi connectivity index (χ3n) is 4.98. The Balaban J connectivity index is 1.47. The Bertz CT molecular complexity index is 967. The monoisotopic (exact) mass is 454 g/mol. The summed E-state index contributed by atoms with van der Waals surface area (Å²) in [5, 5.41) is 0.458. The zero-order valence-corrected chi connectivity index (χ0v) is 18.1. The van der Waals surface area contributed by atoms with Gasteiger partial charge in [0.1, 0.15) is 5.76 Å². The van der Waals surface area contributed by atoms with Gasteiger partial charge < -0.3 is 14.1 Å². The first kappa shape index (κ1) is 22.3. The average Bonchev–Trinajstić information content (AvgIpc) is 3.25. The number of halogens is 1. The number of nitrogens with zero attached hydrogens (tertiary/aromatic N) is 2. The van der Waals surface area contributed by atoms with Crippen LogP contribution in [-0.4, -0.2) is 56.2 Å². The molecule has 30 heavy (non-hydrogen) atoms. The largest absolute Gasteiger partial charge is 0.467 e. The van der Waals surface area contributed by atoms with Crippen molar-refractivity contribution in [2.45, 2.75) is 24.3 Å². The van der Waals surface area contributed by atoms with E-state index in [0.29, 0.717) is 23.6 Å². The summed E-state index contributed by atoms with van der Waals surface area (Å²) in [6, 6.07) is 9.46. The van der Waals surface area contributed by atoms with Crippen LogP contribution in [0.1, 0.15) is 18.6 Å². The van der Waals surface area contributed by atoms with Crippen LogP contribution >= 0.6 is 11.6 Å². The Kier molecular flexibility index (Phi) is 7.17. The molecule has 0 spiro atoms. The molecule has 10 heteroatoms. The lowest BCUT2D eigenvalue weighted by molar-refractivity contribution is -0.156. The molecule has 1 saturated heterocycles. The van der Waals surface area contributed by atoms with E-state index < -0.39 is 21.9 Å². The predicted octanol–water partition coefficient (Wildman–Crippen LogP) is 2.54. The fourth-order valence-corrected chi connectivity index (χ4v) is 4.77. The molecule has 0 saturated carbocycles. The van der Waals surface area contributed by atoms with Gasteiger partial charge >= 0.3 is 5.97 Å². The minimum absolute atomic E-state index is 0.165. The van der Waals surface area contributed by atoms with Gasteiger partial charge in [0.15, 0.2) is 6.61 Å². The van der Waals surface area contributed by atoms with Crippen LogP contribution in [-0.2, 0) is 30.9 Å². The van der Waals surface area contributed by atoms with Crippen molar-refractivity contribution in [3.63, 3.8) is 0 Å². The summed E-state index contributed by atoms with van der Waals surface area (Å²) >= 11 is 5.82. The van der Waals surface area contributed by atoms with Crippen LogP contribution in [0.15, 0.2) is 52.0 Å². The molecule has 0 N–H and O–H groups in total. The number of piperidine rings is 1. The number of ether oxygens (including phenoxy) is 1. The number of carbonyl (C=O) groups is 2. The van der Waals surface area contributed by atoms with E-state index in [0.717, 1.165) is 0 Å². The Morgan fingerprint density at radius 3 is 2.47 bits per heavy atom. The minimum Gasteiger partial charge on any atom is -0.467 e. The number of esters is 1. The van der Waals surface area contributed by atoms with E-state index in [4.69, 9.17) is 20.8 Å². The molecule has 0 radical (unpaired) electrons. The molecule has 0 aliphatic carbocycles. The molecular formula is C20H23ClN2O6S. The lowest BCUT2D eigenvalue weighted by atomic mass is 9.98. The van der Waals surface area contributed by atoms with Gasteiger partial charge in [0.2, 0.25) is 10.0 Å². The van der Waals surface area contributed by atoms with E-state index in [1.807, 2.05) is 0 Å². The van der Waals surface area contributed by atoms with Gasteiger partial charge in [-0.3, -0.25) is 9.59 Å². The first-order valence-corrected chi connectivity index (χ1v) is 11.3. The highest BCUT2D eigenvalue weighted by Crippen LogP contribution is 2.25. The summed E-state index contributed by atoms with van der Waals surface area (Å²) in [7, 11) is -2.04. The van der Waals surface area contributed by atoms with Crippen molar-refractivity contribution in [1.82, 2.24) is 9.21 Å². The third-order valence-corrected chi connectivity index (χ3v) is 7.14. The van der Waals surface area contributed by atoms with Crippen LogP contribution in [0.25, 0.3) is 0 Å². The van der Waals surface area contributed by atoms with Gasteiger partial charge in [0.25, 0.3) is 5.91 Å². The van der Waals surface area contributed by atoms with E-state index in [2.05, 4.69) is 0 Å². The maximum Gasteiger partial charge on any atom is 0.309 e. The van der Waals surface area contributed by atoms with E-state index in [9.17, 15) is 18.0 Å². The Morgan fingerprint density at radius 1 is 1.20 bits per heavy atom. The summed E-state index contributed by atoms with van der Waals surface area (Å²) in [6.45, 7) is 0.331. The number of likely N-dealkylation sites (N-methyl/N-ethyl adjacent to an activating group) is 1. The van der Waals surface area contributed by atoms with E-state index >= 15 is 0 Å². The van der Waals surface area contributed by atoms with Crippen molar-refractivity contribution in [1.29, 1.82) is 0 Å². The van der Waals surface area contributed by atoms with Crippen molar-refractivity contribution in [2.75, 3.05) is 26.7 Å². The lowest BCUT2D eigenvalue weighted by Gasteiger charge is -2.30. The van der Waals surface area contributed by atoms with Crippen LogP contribution in [0, 0.1) is 5.92 Å². The van der Waals surface area contributed by atoms with Gasteiger partial charge in [-0.1, -0.05) is 11.6 Å². The molecule has 3 rings (SSSR count). The van der Waals surface area contributed by atoms with Crippen molar-refractivity contribution >= 4 is 33.5 Å². The summed E-state index contributed by atoms with van der Waals surface area (Å²) in [5.74, 6) is -0.642. The highest BCUT2D eigenvalue weighted by atomic mass is 35.5. The average molecular weight is 455 g/mol. The molecule has 2 aromatic rings. The molecule has 0 unspecified atom stereocenters. The van der Waals surface area contributed by atoms with Crippen molar-refractivity contribution in [2.24, 2.45) is 5.92 Å². The summed E-state index contributed by atoms with van der Waals surface area (Å²) in [6.07, 6.45) is 2.19. The second-order valence-electron chi connectivity index (χ2n) is 7.07. The zero-order valence-electron chi connectivity index (χ0n) is 16.5. The smallest absolute Gasteiger partial charge is 0.309 e. The van der Waals surface area contributed by atoms with Crippen LogP contribution in [0.3, 0.4) is 0 Å². The number of carbonyl (C=O) groups excluding carboxylic acids is 2. The van der Waals surface area contributed by atoms with Gasteiger partial charge in [-0.2, -0.15) is 4.31 Å². The van der Waals surface area contributed by atoms with Gasteiger partial charge in [0.05, 0.1) is 23.6 Å². The molecule has 1 aliphatic heterocycles. The first-order valence-electron chi connectivity index (χ1n) is 9.46. The molecule has 8 nitrogen and oxygen atoms in total. The predicted molar refractivity (Wildman–Crippen MR) is 109 cm³/mol. The second kappa shape index (κ2) is 9.63. The highest BCUT2D eigenvalue weighted by Gasteiger charge is 2.33. The van der Waals surface area contributed by atoms with E-state index in [1.165, 1.54) is 39.7 Å². The van der Waals surface area contributed by atoms with Gasteiger partial charge in [0, 0.05) is 25.2 Å². The fourth-order valence-electron chi connectivity index (χ4n) is 3.17. The maximum atomic E-state index is 12.7. The van der Waals surface area contributed by atoms with Crippen LogP contribution < -0.4 is 0 Å². The molecule has 0 bridgehead atoms. The number of hydrogen-bond acceptors (Lipinski definition) is 6. The Labute approximate surface area is 180 Å². The second-order valence-corrected chi connectivity index (χ2v) is 9.44. The summed E-state index contributed by atoms with van der Waals surface area (Å²) in [5.41, 5.74) is 0. The minimum atomic E-state index is -3.64. The fraction of sp³-hybridized carbons (Fsp3) is 0.400. The van der Waals surface area contributed by atoms with Crippen molar-refractivity contribution < 1.29 is 27.2 Å². The Hall–Kier alpha value is -2.36. The molecule has 0 atom stereocenters. The quantitative estimate of drug-likeness (QED) is 0.596. The highest BCUT2D eigenvalue weighted by molar-refractivity contribution is 7.89. The van der Waals surface area contributed by atoms with Crippen LogP contribution in [0.2, 0.25) is 5.02 Å². The first-order chi connectivity index (χ1) is 14.3. The lowest BCUT2D eigenvalue weighted by Crippen LogP contribution is -2.41. The SMILES string of the molecule is CN(Cc1ccco1)C(=O)COC(=O)C1CCN(S(=O)(=O)c2ccc(Cl)cc2)CC1. The number of sulfonamides is 1. The number of furan rings is 1. The summed E-state index contributed by atoms with van der Waals surface area (Å²) in [4.78, 5) is 26.0. The van der Waals surface area contributed by atoms with Gasteiger partial charge in [-0.15, -0.1) is 0 Å². The number of hydrogen-bond donors (Lipinski definition) is 0. The Morgan fingerprint density at radius 2 is 1.87 bits per heavy atom. The van der Waals surface area contributed by atoms with Gasteiger partial charge in [-0.25, -0.2) is 8.42 Å². The molecule has 1 fully saturated rings. The number of rotatable bonds is 7. The molecule has 1 aromatic carbocycles. The zero-order chi connectivity index (χ0) is 21.7. The molecule has 162 valence electrons. The standard InChI is InChI=1S/C20H23ClN2O6S/c1-22(13-17-3-2-12-28-17)19(24)14-29-20(25)15-8-10-23(11-9-15)30(26,27)18-6-4-16(21)5-7-18/h2-7,12,15H,8-11,13-14H2,1H3. The molecule has 2 heterocycles. The van der Waals surface area contributed by atoms with Crippen molar-refractivity contribution in [3.8, 4) is 0 Å². The van der Waals surface area contributed by atoms with E-state index in [1.54, 1.807) is 19.2 Å². The van der Waals surface area contributed by atoms with Gasteiger partial charge in [-0.05, 0) is 49.2 Å². The molecule has 1 aliphatic rings. The molecular weight excluding hydrogens is 432 g/mol. The third kappa shape index (κ3) is 5.41. The van der Waals surface area contributed by atoms with E-state index in [-0.39, 0.29) is 37.0 Å². The normalized spacial score (nSPS) is 15.7. The summed E-state index contributed by atoms with van der Waals surface area (Å²) < 4.78 is 37.1. The topological polar surface area (TPSA) is 97.1 Å². The number of benzene rings is 1. The van der Waals surface area contributed by atoms with Crippen LogP contribution in [0.5, 0.6) is 0 Å². The molecule has 1 aromatic heterocycles. The maximum absolute atomic E-state index is 12.7. The van der Waals surface area contributed by atoms with Crippen LogP contribution in [0.4, 0.5) is 0 Å². The number of amides is 1. The van der Waals surface area contributed by atoms with Crippen molar-refractivity contribution in [3.05, 3.63) is 53.4 Å².